The van der Waals surface area contributed by atoms with E-state index in [1.54, 1.807) is 0 Å². The van der Waals surface area contributed by atoms with Gasteiger partial charge in [0.05, 0.1) is 6.61 Å². The second-order valence-electron chi connectivity index (χ2n) is 15.2. The van der Waals surface area contributed by atoms with E-state index in [1.807, 2.05) is 0 Å². The smallest absolute Gasteiger partial charge is 0.326 e. The zero-order valence-electron chi connectivity index (χ0n) is 33.3. The van der Waals surface area contributed by atoms with E-state index in [-0.39, 0.29) is 25.7 Å². The molecule has 0 aromatic carbocycles. The number of aliphatic carboxylic acids is 2. The average Bonchev–Trinajstić information content (AvgIpc) is 3.12. The molecule has 0 radical (unpaired) electrons. The predicted molar refractivity (Wildman–Crippen MR) is 208 cm³/mol. The van der Waals surface area contributed by atoms with Crippen molar-refractivity contribution in [3.8, 4) is 0 Å². The highest BCUT2D eigenvalue weighted by Gasteiger charge is 2.63. The minimum Gasteiger partial charge on any atom is -0.481 e. The van der Waals surface area contributed by atoms with Crippen LogP contribution in [0.3, 0.4) is 0 Å². The molecule has 0 spiro atoms. The van der Waals surface area contributed by atoms with Crippen molar-refractivity contribution in [2.45, 2.75) is 225 Å². The Bertz CT molecular complexity index is 901. The van der Waals surface area contributed by atoms with Crippen LogP contribution in [-0.4, -0.2) is 62.4 Å². The van der Waals surface area contributed by atoms with Crippen LogP contribution in [-0.2, 0) is 24.0 Å². The van der Waals surface area contributed by atoms with E-state index in [4.69, 9.17) is 0 Å². The highest BCUT2D eigenvalue weighted by Crippen LogP contribution is 2.37. The van der Waals surface area contributed by atoms with Crippen LogP contribution in [0.1, 0.15) is 219 Å². The number of ketones is 3. The Morgan fingerprint density at radius 3 is 0.904 bits per heavy atom. The van der Waals surface area contributed by atoms with Gasteiger partial charge in [-0.2, -0.15) is 0 Å². The van der Waals surface area contributed by atoms with Gasteiger partial charge < -0.3 is 20.4 Å². The average molecular weight is 739 g/mol. The number of unbranched alkanes of at least 4 members (excludes halogenated alkanes) is 28. The Morgan fingerprint density at radius 2 is 0.692 bits per heavy atom. The highest BCUT2D eigenvalue weighted by atomic mass is 16.4. The van der Waals surface area contributed by atoms with Crippen LogP contribution >= 0.6 is 0 Å². The number of hydrogen-bond donors (Lipinski definition) is 4. The summed E-state index contributed by atoms with van der Waals surface area (Å²) in [5.74, 6) is -10.4. The molecule has 0 aliphatic carbocycles. The molecule has 2 atom stereocenters. The van der Waals surface area contributed by atoms with Crippen molar-refractivity contribution in [3.63, 3.8) is 0 Å². The minimum atomic E-state index is -3.15. The van der Waals surface area contributed by atoms with Crippen molar-refractivity contribution in [2.75, 3.05) is 6.61 Å². The molecule has 9 nitrogen and oxygen atoms in total. The molecule has 0 heterocycles. The molecule has 304 valence electrons. The summed E-state index contributed by atoms with van der Waals surface area (Å²) in [5, 5.41) is 39.7. The Hall–Kier alpha value is -2.13. The van der Waals surface area contributed by atoms with Crippen molar-refractivity contribution < 1.29 is 44.4 Å². The van der Waals surface area contributed by atoms with Gasteiger partial charge in [-0.05, 0) is 12.8 Å². The molecule has 0 aliphatic heterocycles. The molecule has 0 amide bonds. The number of carbonyl (C=O) groups is 5. The van der Waals surface area contributed by atoms with E-state index in [1.165, 1.54) is 116 Å². The summed E-state index contributed by atoms with van der Waals surface area (Å²) in [6.45, 7) is 3.30. The summed E-state index contributed by atoms with van der Waals surface area (Å²) in [4.78, 5) is 65.4. The van der Waals surface area contributed by atoms with Gasteiger partial charge in [0, 0.05) is 12.8 Å². The number of carboxylic acids is 2. The number of carboxylic acid groups (broad SMARTS) is 2. The fraction of sp³-hybridized carbons (Fsp3) is 0.884. The molecule has 0 saturated carbocycles. The van der Waals surface area contributed by atoms with Gasteiger partial charge in [-0.15, -0.1) is 0 Å². The van der Waals surface area contributed by atoms with Crippen LogP contribution in [0, 0.1) is 11.3 Å². The van der Waals surface area contributed by atoms with Crippen LogP contribution < -0.4 is 0 Å². The summed E-state index contributed by atoms with van der Waals surface area (Å²) < 4.78 is 0. The lowest BCUT2D eigenvalue weighted by atomic mass is 9.64. The predicted octanol–water partition coefficient (Wildman–Crippen LogP) is 10.3. The molecule has 0 saturated heterocycles. The van der Waals surface area contributed by atoms with Crippen LogP contribution in [0.15, 0.2) is 0 Å². The van der Waals surface area contributed by atoms with Crippen LogP contribution in [0.5, 0.6) is 0 Å². The first-order valence-electron chi connectivity index (χ1n) is 21.5. The van der Waals surface area contributed by atoms with Gasteiger partial charge >= 0.3 is 11.9 Å². The molecular weight excluding hydrogens is 660 g/mol. The number of Topliss-reactive ketones (excluding diaryl/α,β-unsaturated/α-hetero) is 3. The lowest BCUT2D eigenvalue weighted by molar-refractivity contribution is -0.176. The van der Waals surface area contributed by atoms with E-state index < -0.39 is 53.3 Å². The Kier molecular flexibility index (Phi) is 32.1. The van der Waals surface area contributed by atoms with Crippen LogP contribution in [0.2, 0.25) is 0 Å². The first-order chi connectivity index (χ1) is 25.1. The Morgan fingerprint density at radius 1 is 0.442 bits per heavy atom. The summed E-state index contributed by atoms with van der Waals surface area (Å²) in [6.07, 6.45) is 29.9. The van der Waals surface area contributed by atoms with Gasteiger partial charge in [-0.3, -0.25) is 24.0 Å². The largest absolute Gasteiger partial charge is 0.481 e. The van der Waals surface area contributed by atoms with Gasteiger partial charge in [0.2, 0.25) is 5.41 Å². The lowest BCUT2D eigenvalue weighted by Gasteiger charge is -2.32. The summed E-state index contributed by atoms with van der Waals surface area (Å²) in [5.41, 5.74) is -3.15. The van der Waals surface area contributed by atoms with E-state index in [2.05, 4.69) is 13.8 Å². The Labute approximate surface area is 316 Å². The molecule has 4 N–H and O–H groups in total. The zero-order chi connectivity index (χ0) is 38.9. The molecule has 9 heteroatoms. The van der Waals surface area contributed by atoms with Gasteiger partial charge in [0.1, 0.15) is 12.0 Å². The lowest BCUT2D eigenvalue weighted by Crippen LogP contribution is -2.58. The third-order valence-corrected chi connectivity index (χ3v) is 10.7. The van der Waals surface area contributed by atoms with Crippen LogP contribution in [0.25, 0.3) is 0 Å². The summed E-state index contributed by atoms with van der Waals surface area (Å²) in [7, 11) is 0. The monoisotopic (exact) mass is 739 g/mol. The quantitative estimate of drug-likeness (QED) is 0.0353. The molecule has 0 bridgehead atoms. The maximum absolute atomic E-state index is 13.6. The van der Waals surface area contributed by atoms with Crippen molar-refractivity contribution in [2.24, 2.45) is 11.3 Å². The summed E-state index contributed by atoms with van der Waals surface area (Å²) >= 11 is 0. The third kappa shape index (κ3) is 21.5. The molecular formula is C43H78O9. The van der Waals surface area contributed by atoms with E-state index in [0.717, 1.165) is 51.4 Å². The van der Waals surface area contributed by atoms with Gasteiger partial charge in [-0.1, -0.05) is 194 Å². The standard InChI is InChI=1S/C43H78O9/c1-3-5-7-9-11-13-15-17-19-21-23-25-27-29-31-33-37(46)43(42(51)52,39(41(49)50)40(48)36(45)35-44)38(47)34-32-30-28-26-24-22-20-18-16-14-12-10-8-6-4-2/h36,39,44-45H,3-35H2,1-2H3,(H,49,50)(H,51,52). The highest BCUT2D eigenvalue weighted by molar-refractivity contribution is 6.28. The molecule has 2 unspecified atom stereocenters. The molecule has 0 aromatic heterocycles. The van der Waals surface area contributed by atoms with Crippen molar-refractivity contribution >= 4 is 29.3 Å². The topological polar surface area (TPSA) is 166 Å². The first kappa shape index (κ1) is 49.9. The van der Waals surface area contributed by atoms with Crippen molar-refractivity contribution in [1.82, 2.24) is 0 Å². The minimum absolute atomic E-state index is 0.265. The molecule has 0 aromatic rings. The third-order valence-electron chi connectivity index (χ3n) is 10.7. The second kappa shape index (κ2) is 33.4. The maximum atomic E-state index is 13.6. The fourth-order valence-corrected chi connectivity index (χ4v) is 7.35. The molecule has 0 rings (SSSR count). The Balaban J connectivity index is 4.90. The van der Waals surface area contributed by atoms with E-state index in [9.17, 15) is 44.4 Å². The fourth-order valence-electron chi connectivity index (χ4n) is 7.35. The van der Waals surface area contributed by atoms with Crippen LogP contribution in [0.4, 0.5) is 0 Å². The normalized spacial score (nSPS) is 12.8. The SMILES string of the molecule is CCCCCCCCCCCCCCCCCC(=O)C(C(=O)O)(C(=O)CCCCCCCCCCCCCCCCC)C(C(=O)O)C(=O)C(O)CO. The number of carbonyl (C=O) groups excluding carboxylic acids is 3. The molecule has 0 fully saturated rings. The number of hydrogen-bond acceptors (Lipinski definition) is 7. The molecule has 52 heavy (non-hydrogen) atoms. The van der Waals surface area contributed by atoms with Crippen molar-refractivity contribution in [1.29, 1.82) is 0 Å². The van der Waals surface area contributed by atoms with E-state index in [0.29, 0.717) is 12.8 Å². The van der Waals surface area contributed by atoms with Gasteiger partial charge in [0.15, 0.2) is 17.3 Å². The zero-order valence-corrected chi connectivity index (χ0v) is 33.3. The van der Waals surface area contributed by atoms with Gasteiger partial charge in [-0.25, -0.2) is 0 Å². The number of rotatable bonds is 40. The second-order valence-corrected chi connectivity index (χ2v) is 15.2. The van der Waals surface area contributed by atoms with Gasteiger partial charge in [0.25, 0.3) is 0 Å². The maximum Gasteiger partial charge on any atom is 0.326 e. The van der Waals surface area contributed by atoms with E-state index >= 15 is 0 Å². The first-order valence-corrected chi connectivity index (χ1v) is 21.5. The van der Waals surface area contributed by atoms with Crippen molar-refractivity contribution in [3.05, 3.63) is 0 Å². The number of aliphatic hydroxyl groups excluding tert-OH is 2. The number of aliphatic hydroxyl groups is 2. The molecule has 0 aliphatic rings. The summed E-state index contributed by atoms with van der Waals surface area (Å²) in [6, 6.07) is 0.